The Bertz CT molecular complexity index is 906. The fourth-order valence-corrected chi connectivity index (χ4v) is 2.72. The Morgan fingerprint density at radius 3 is 2.24 bits per heavy atom. The van der Waals surface area contributed by atoms with Crippen molar-refractivity contribution in [1.82, 2.24) is 0 Å². The Balaban J connectivity index is 2.20. The molecule has 8 heteroatoms. The fourth-order valence-electron chi connectivity index (χ4n) is 2.72. The number of ether oxygens (including phenoxy) is 2. The molecule has 0 spiro atoms. The number of nitro benzene ring substituents is 1. The van der Waals surface area contributed by atoms with Crippen molar-refractivity contribution in [3.63, 3.8) is 0 Å². The zero-order valence-electron chi connectivity index (χ0n) is 17.5. The van der Waals surface area contributed by atoms with E-state index >= 15 is 0 Å². The van der Waals surface area contributed by atoms with Crippen molar-refractivity contribution >= 4 is 23.0 Å². The molecule has 2 aromatic rings. The summed E-state index contributed by atoms with van der Waals surface area (Å²) in [7, 11) is 2.96. The van der Waals surface area contributed by atoms with E-state index in [1.54, 1.807) is 14.0 Å². The summed E-state index contributed by atoms with van der Waals surface area (Å²) in [6.45, 7) is 8.04. The van der Waals surface area contributed by atoms with Gasteiger partial charge in [0.15, 0.2) is 0 Å². The first-order chi connectivity index (χ1) is 13.6. The fraction of sp³-hybridized carbons (Fsp3) is 0.381. The van der Waals surface area contributed by atoms with Crippen LogP contribution in [0.3, 0.4) is 0 Å². The van der Waals surface area contributed by atoms with Crippen LogP contribution in [0, 0.1) is 10.1 Å². The van der Waals surface area contributed by atoms with Crippen molar-refractivity contribution in [3.8, 4) is 11.5 Å². The van der Waals surface area contributed by atoms with E-state index in [1.165, 1.54) is 25.3 Å². The number of non-ortho nitro benzene ring substituents is 1. The summed E-state index contributed by atoms with van der Waals surface area (Å²) in [5.41, 5.74) is 1.99. The lowest BCUT2D eigenvalue weighted by molar-refractivity contribution is -0.384. The number of amides is 1. The molecule has 29 heavy (non-hydrogen) atoms. The number of hydrogen-bond acceptors (Lipinski definition) is 6. The SMILES string of the molecule is COc1cc([N+](=O)[O-])ccc1NC(=O)[C@H](C)Nc1cc(C(C)(C)C)ccc1OC. The summed E-state index contributed by atoms with van der Waals surface area (Å²) >= 11 is 0. The van der Waals surface area contributed by atoms with E-state index in [0.717, 1.165) is 5.56 Å². The van der Waals surface area contributed by atoms with Gasteiger partial charge in [0, 0.05) is 6.07 Å². The molecule has 1 amide bonds. The highest BCUT2D eigenvalue weighted by atomic mass is 16.6. The molecule has 2 N–H and O–H groups in total. The molecule has 0 aromatic heterocycles. The first-order valence-corrected chi connectivity index (χ1v) is 9.15. The zero-order chi connectivity index (χ0) is 21.8. The quantitative estimate of drug-likeness (QED) is 0.528. The van der Waals surface area contributed by atoms with Crippen molar-refractivity contribution < 1.29 is 19.2 Å². The number of rotatable bonds is 7. The van der Waals surface area contributed by atoms with Crippen LogP contribution < -0.4 is 20.1 Å². The van der Waals surface area contributed by atoms with Gasteiger partial charge in [0.05, 0.1) is 36.6 Å². The average Bonchev–Trinajstić information content (AvgIpc) is 2.67. The molecule has 156 valence electrons. The van der Waals surface area contributed by atoms with Crippen LogP contribution in [-0.2, 0) is 10.2 Å². The van der Waals surface area contributed by atoms with Crippen molar-refractivity contribution in [2.75, 3.05) is 24.9 Å². The number of carbonyl (C=O) groups is 1. The highest BCUT2D eigenvalue weighted by Crippen LogP contribution is 2.32. The third kappa shape index (κ3) is 5.37. The van der Waals surface area contributed by atoms with Crippen LogP contribution >= 0.6 is 0 Å². The summed E-state index contributed by atoms with van der Waals surface area (Å²) in [5.74, 6) is 0.526. The normalized spacial score (nSPS) is 12.1. The first kappa shape index (κ1) is 22.0. The van der Waals surface area contributed by atoms with Gasteiger partial charge >= 0.3 is 0 Å². The smallest absolute Gasteiger partial charge is 0.273 e. The van der Waals surface area contributed by atoms with Crippen molar-refractivity contribution in [1.29, 1.82) is 0 Å². The summed E-state index contributed by atoms with van der Waals surface area (Å²) in [6, 6.07) is 9.26. The molecule has 0 unspecified atom stereocenters. The molecular weight excluding hydrogens is 374 g/mol. The standard InChI is InChI=1S/C21H27N3O5/c1-13(22-17-11-14(21(2,3)4)7-10-18(17)28-5)20(25)23-16-9-8-15(24(26)27)12-19(16)29-6/h7-13,22H,1-6H3,(H,23,25)/t13-/m0/s1. The summed E-state index contributed by atoms with van der Waals surface area (Å²) < 4.78 is 10.6. The summed E-state index contributed by atoms with van der Waals surface area (Å²) in [6.07, 6.45) is 0. The maximum atomic E-state index is 12.7. The van der Waals surface area contributed by atoms with Gasteiger partial charge in [-0.2, -0.15) is 0 Å². The second kappa shape index (κ2) is 8.81. The lowest BCUT2D eigenvalue weighted by Gasteiger charge is -2.23. The number of benzene rings is 2. The van der Waals surface area contributed by atoms with Gasteiger partial charge in [-0.25, -0.2) is 0 Å². The third-order valence-electron chi connectivity index (χ3n) is 4.48. The predicted molar refractivity (Wildman–Crippen MR) is 113 cm³/mol. The Morgan fingerprint density at radius 1 is 1.03 bits per heavy atom. The Labute approximate surface area is 170 Å². The number of nitrogens with one attached hydrogen (secondary N) is 2. The Hall–Kier alpha value is -3.29. The molecule has 0 aliphatic carbocycles. The second-order valence-electron chi connectivity index (χ2n) is 7.66. The van der Waals surface area contributed by atoms with Gasteiger partial charge in [-0.15, -0.1) is 0 Å². The molecule has 8 nitrogen and oxygen atoms in total. The first-order valence-electron chi connectivity index (χ1n) is 9.15. The van der Waals surface area contributed by atoms with Crippen molar-refractivity contribution in [2.24, 2.45) is 0 Å². The lowest BCUT2D eigenvalue weighted by Crippen LogP contribution is -2.32. The predicted octanol–water partition coefficient (Wildman–Crippen LogP) is 4.35. The third-order valence-corrected chi connectivity index (χ3v) is 4.48. The molecule has 0 aliphatic heterocycles. The molecule has 0 bridgehead atoms. The van der Waals surface area contributed by atoms with Gasteiger partial charge in [0.25, 0.3) is 5.69 Å². The van der Waals surface area contributed by atoms with E-state index in [-0.39, 0.29) is 22.8 Å². The van der Waals surface area contributed by atoms with Crippen LogP contribution in [0.1, 0.15) is 33.3 Å². The van der Waals surface area contributed by atoms with Crippen LogP contribution in [0.15, 0.2) is 36.4 Å². The van der Waals surface area contributed by atoms with Gasteiger partial charge in [-0.1, -0.05) is 26.8 Å². The number of anilines is 2. The Morgan fingerprint density at radius 2 is 1.69 bits per heavy atom. The van der Waals surface area contributed by atoms with Gasteiger partial charge in [0.1, 0.15) is 17.5 Å². The van der Waals surface area contributed by atoms with Gasteiger partial charge in [0.2, 0.25) is 5.91 Å². The van der Waals surface area contributed by atoms with E-state index in [2.05, 4.69) is 31.4 Å². The topological polar surface area (TPSA) is 103 Å². The second-order valence-corrected chi connectivity index (χ2v) is 7.66. The average molecular weight is 401 g/mol. The molecule has 0 saturated heterocycles. The molecular formula is C21H27N3O5. The summed E-state index contributed by atoms with van der Waals surface area (Å²) in [5, 5.41) is 16.8. The molecule has 0 fully saturated rings. The minimum atomic E-state index is -0.598. The van der Waals surface area contributed by atoms with Crippen LogP contribution in [-0.4, -0.2) is 31.1 Å². The van der Waals surface area contributed by atoms with E-state index < -0.39 is 11.0 Å². The maximum Gasteiger partial charge on any atom is 0.273 e. The van der Waals surface area contributed by atoms with Crippen LogP contribution in [0.25, 0.3) is 0 Å². The highest BCUT2D eigenvalue weighted by molar-refractivity contribution is 5.97. The number of nitro groups is 1. The molecule has 2 rings (SSSR count). The Kier molecular flexibility index (Phi) is 6.68. The van der Waals surface area contributed by atoms with E-state index in [0.29, 0.717) is 17.1 Å². The molecule has 2 aromatic carbocycles. The van der Waals surface area contributed by atoms with E-state index in [4.69, 9.17) is 9.47 Å². The molecule has 0 saturated carbocycles. The van der Waals surface area contributed by atoms with Gasteiger partial charge in [-0.3, -0.25) is 14.9 Å². The van der Waals surface area contributed by atoms with Crippen LogP contribution in [0.2, 0.25) is 0 Å². The van der Waals surface area contributed by atoms with E-state index in [1.807, 2.05) is 18.2 Å². The highest BCUT2D eigenvalue weighted by Gasteiger charge is 2.20. The van der Waals surface area contributed by atoms with Gasteiger partial charge in [-0.05, 0) is 36.1 Å². The number of carbonyl (C=O) groups excluding carboxylic acids is 1. The van der Waals surface area contributed by atoms with Crippen LogP contribution in [0.4, 0.5) is 17.1 Å². The van der Waals surface area contributed by atoms with E-state index in [9.17, 15) is 14.9 Å². The monoisotopic (exact) mass is 401 g/mol. The number of nitrogens with zero attached hydrogens (tertiary/aromatic N) is 1. The minimum absolute atomic E-state index is 0.0552. The maximum absolute atomic E-state index is 12.7. The minimum Gasteiger partial charge on any atom is -0.495 e. The number of methoxy groups -OCH3 is 2. The molecule has 1 atom stereocenters. The van der Waals surface area contributed by atoms with Gasteiger partial charge < -0.3 is 20.1 Å². The largest absolute Gasteiger partial charge is 0.495 e. The number of hydrogen-bond donors (Lipinski definition) is 2. The lowest BCUT2D eigenvalue weighted by atomic mass is 9.86. The van der Waals surface area contributed by atoms with Crippen molar-refractivity contribution in [2.45, 2.75) is 39.2 Å². The zero-order valence-corrected chi connectivity index (χ0v) is 17.5. The molecule has 0 radical (unpaired) electrons. The summed E-state index contributed by atoms with van der Waals surface area (Å²) in [4.78, 5) is 23.1. The van der Waals surface area contributed by atoms with Crippen LogP contribution in [0.5, 0.6) is 11.5 Å². The molecule has 0 heterocycles. The molecule has 0 aliphatic rings. The van der Waals surface area contributed by atoms with Crippen molar-refractivity contribution in [3.05, 3.63) is 52.1 Å².